The lowest BCUT2D eigenvalue weighted by atomic mass is 10.1. The molecule has 0 aromatic carbocycles. The molecule has 0 radical (unpaired) electrons. The summed E-state index contributed by atoms with van der Waals surface area (Å²) in [5.74, 6) is 0.826. The summed E-state index contributed by atoms with van der Waals surface area (Å²) in [6.45, 7) is 4.36. The van der Waals surface area contributed by atoms with Gasteiger partial charge in [0.1, 0.15) is 0 Å². The molecule has 0 saturated carbocycles. The molecular formula is C14H24F3NO2S. The average Bonchev–Trinajstić information content (AvgIpc) is 2.79. The first-order valence-corrected chi connectivity index (χ1v) is 8.57. The van der Waals surface area contributed by atoms with Gasteiger partial charge in [-0.15, -0.1) is 0 Å². The summed E-state index contributed by atoms with van der Waals surface area (Å²) in [6, 6.07) is 0.180. The summed E-state index contributed by atoms with van der Waals surface area (Å²) in [5.41, 5.74) is 0. The van der Waals surface area contributed by atoms with Crippen molar-refractivity contribution in [3.8, 4) is 0 Å². The standard InChI is InChI=1S/C14H24F3NO2S/c1-11(2)20-13(19)18-8-3-5-12(18)6-4-9-21-10-7-14(15,16)17/h11-12H,3-10H2,1-2H3. The van der Waals surface area contributed by atoms with E-state index in [0.717, 1.165) is 32.2 Å². The molecule has 0 N–H and O–H groups in total. The quantitative estimate of drug-likeness (QED) is 0.647. The molecule has 1 heterocycles. The SMILES string of the molecule is CC(C)OC(=O)N1CCCC1CCCSCCC(F)(F)F. The Kier molecular flexibility index (Phi) is 7.70. The van der Waals surface area contributed by atoms with E-state index in [0.29, 0.717) is 5.75 Å². The summed E-state index contributed by atoms with van der Waals surface area (Å²) in [6.07, 6.45) is -1.58. The highest BCUT2D eigenvalue weighted by atomic mass is 32.2. The highest BCUT2D eigenvalue weighted by Crippen LogP contribution is 2.25. The van der Waals surface area contributed by atoms with Gasteiger partial charge in [-0.3, -0.25) is 0 Å². The number of hydrogen-bond donors (Lipinski definition) is 0. The molecule has 0 aromatic heterocycles. The van der Waals surface area contributed by atoms with E-state index in [4.69, 9.17) is 4.74 Å². The third-order valence-corrected chi connectivity index (χ3v) is 4.37. The predicted octanol–water partition coefficient (Wildman–Crippen LogP) is 4.46. The summed E-state index contributed by atoms with van der Waals surface area (Å²) >= 11 is 1.33. The number of halogens is 3. The van der Waals surface area contributed by atoms with E-state index in [1.54, 1.807) is 4.90 Å². The van der Waals surface area contributed by atoms with Crippen molar-refractivity contribution in [2.45, 2.75) is 64.3 Å². The van der Waals surface area contributed by atoms with E-state index in [9.17, 15) is 18.0 Å². The Labute approximate surface area is 128 Å². The molecule has 1 aliphatic heterocycles. The topological polar surface area (TPSA) is 29.5 Å². The van der Waals surface area contributed by atoms with Crippen molar-refractivity contribution in [1.29, 1.82) is 0 Å². The predicted molar refractivity (Wildman–Crippen MR) is 78.6 cm³/mol. The second kappa shape index (κ2) is 8.76. The fraction of sp³-hybridized carbons (Fsp3) is 0.929. The van der Waals surface area contributed by atoms with Crippen LogP contribution in [0.1, 0.15) is 46.0 Å². The molecule has 1 rings (SSSR count). The number of carbonyl (C=O) groups excluding carboxylic acids is 1. The molecule has 0 bridgehead atoms. The first-order valence-electron chi connectivity index (χ1n) is 7.41. The molecule has 0 aliphatic carbocycles. The van der Waals surface area contributed by atoms with Gasteiger partial charge in [-0.2, -0.15) is 24.9 Å². The van der Waals surface area contributed by atoms with Crippen molar-refractivity contribution in [2.24, 2.45) is 0 Å². The van der Waals surface area contributed by atoms with Crippen LogP contribution in [0.4, 0.5) is 18.0 Å². The number of thioether (sulfide) groups is 1. The first-order chi connectivity index (χ1) is 9.79. The zero-order valence-electron chi connectivity index (χ0n) is 12.6. The Balaban J connectivity index is 2.17. The monoisotopic (exact) mass is 327 g/mol. The second-order valence-corrected chi connectivity index (χ2v) is 6.77. The van der Waals surface area contributed by atoms with Crippen LogP contribution in [0.2, 0.25) is 0 Å². The van der Waals surface area contributed by atoms with Crippen molar-refractivity contribution in [2.75, 3.05) is 18.1 Å². The number of hydrogen-bond acceptors (Lipinski definition) is 3. The molecule has 21 heavy (non-hydrogen) atoms. The molecule has 124 valence electrons. The van der Waals surface area contributed by atoms with Gasteiger partial charge in [0.15, 0.2) is 0 Å². The van der Waals surface area contributed by atoms with Crippen LogP contribution in [0.15, 0.2) is 0 Å². The van der Waals surface area contributed by atoms with E-state index in [1.807, 2.05) is 13.8 Å². The largest absolute Gasteiger partial charge is 0.447 e. The van der Waals surface area contributed by atoms with Crippen LogP contribution in [-0.4, -0.2) is 47.4 Å². The van der Waals surface area contributed by atoms with Crippen molar-refractivity contribution < 1.29 is 22.7 Å². The Hall–Kier alpha value is -0.590. The highest BCUT2D eigenvalue weighted by Gasteiger charge is 2.30. The van der Waals surface area contributed by atoms with Crippen LogP contribution >= 0.6 is 11.8 Å². The Morgan fingerprint density at radius 1 is 1.38 bits per heavy atom. The van der Waals surface area contributed by atoms with Gasteiger partial charge in [0, 0.05) is 18.3 Å². The molecule has 1 fully saturated rings. The maximum atomic E-state index is 12.0. The maximum Gasteiger partial charge on any atom is 0.410 e. The number of ether oxygens (including phenoxy) is 1. The number of amides is 1. The van der Waals surface area contributed by atoms with Crippen LogP contribution in [0.5, 0.6) is 0 Å². The minimum Gasteiger partial charge on any atom is -0.447 e. The van der Waals surface area contributed by atoms with Gasteiger partial charge in [0.05, 0.1) is 12.5 Å². The fourth-order valence-electron chi connectivity index (χ4n) is 2.36. The number of carbonyl (C=O) groups is 1. The van der Waals surface area contributed by atoms with Crippen molar-refractivity contribution >= 4 is 17.9 Å². The van der Waals surface area contributed by atoms with Crippen LogP contribution in [0, 0.1) is 0 Å². The normalized spacial score (nSPS) is 19.3. The van der Waals surface area contributed by atoms with Gasteiger partial charge >= 0.3 is 12.3 Å². The molecule has 1 unspecified atom stereocenters. The van der Waals surface area contributed by atoms with Crippen LogP contribution in [-0.2, 0) is 4.74 Å². The molecule has 1 amide bonds. The fourth-order valence-corrected chi connectivity index (χ4v) is 3.31. The zero-order valence-corrected chi connectivity index (χ0v) is 13.4. The number of likely N-dealkylation sites (tertiary alicyclic amines) is 1. The lowest BCUT2D eigenvalue weighted by Crippen LogP contribution is -2.37. The molecule has 1 saturated heterocycles. The Bertz CT molecular complexity index is 324. The molecular weight excluding hydrogens is 303 g/mol. The maximum absolute atomic E-state index is 12.0. The van der Waals surface area contributed by atoms with Crippen molar-refractivity contribution in [3.05, 3.63) is 0 Å². The van der Waals surface area contributed by atoms with Gasteiger partial charge in [-0.05, 0) is 45.3 Å². The van der Waals surface area contributed by atoms with Crippen LogP contribution < -0.4 is 0 Å². The van der Waals surface area contributed by atoms with Crippen LogP contribution in [0.25, 0.3) is 0 Å². The van der Waals surface area contributed by atoms with Gasteiger partial charge < -0.3 is 9.64 Å². The summed E-state index contributed by atoms with van der Waals surface area (Å²) in [7, 11) is 0. The second-order valence-electron chi connectivity index (χ2n) is 5.54. The number of alkyl halides is 3. The molecule has 7 heteroatoms. The summed E-state index contributed by atoms with van der Waals surface area (Å²) in [4.78, 5) is 13.6. The lowest BCUT2D eigenvalue weighted by molar-refractivity contribution is -0.129. The number of nitrogens with zero attached hydrogens (tertiary/aromatic N) is 1. The zero-order chi connectivity index (χ0) is 15.9. The van der Waals surface area contributed by atoms with E-state index in [-0.39, 0.29) is 24.0 Å². The molecule has 3 nitrogen and oxygen atoms in total. The third-order valence-electron chi connectivity index (χ3n) is 3.30. The molecule has 0 spiro atoms. The van der Waals surface area contributed by atoms with E-state index >= 15 is 0 Å². The smallest absolute Gasteiger partial charge is 0.410 e. The third kappa shape index (κ3) is 7.83. The van der Waals surface area contributed by atoms with Gasteiger partial charge in [-0.25, -0.2) is 4.79 Å². The van der Waals surface area contributed by atoms with Crippen molar-refractivity contribution in [3.63, 3.8) is 0 Å². The van der Waals surface area contributed by atoms with E-state index in [2.05, 4.69) is 0 Å². The van der Waals surface area contributed by atoms with Gasteiger partial charge in [-0.1, -0.05) is 0 Å². The number of rotatable bonds is 7. The molecule has 1 aliphatic rings. The summed E-state index contributed by atoms with van der Waals surface area (Å²) in [5, 5.41) is 0. The first kappa shape index (κ1) is 18.5. The van der Waals surface area contributed by atoms with E-state index < -0.39 is 12.6 Å². The minimum atomic E-state index is -4.06. The Morgan fingerprint density at radius 2 is 2.10 bits per heavy atom. The summed E-state index contributed by atoms with van der Waals surface area (Å²) < 4.78 is 41.2. The lowest BCUT2D eigenvalue weighted by Gasteiger charge is -2.25. The van der Waals surface area contributed by atoms with Crippen LogP contribution in [0.3, 0.4) is 0 Å². The highest BCUT2D eigenvalue weighted by molar-refractivity contribution is 7.99. The molecule has 1 atom stereocenters. The average molecular weight is 327 g/mol. The van der Waals surface area contributed by atoms with Gasteiger partial charge in [0.2, 0.25) is 0 Å². The van der Waals surface area contributed by atoms with E-state index in [1.165, 1.54) is 11.8 Å². The molecule has 0 aromatic rings. The Morgan fingerprint density at radius 3 is 2.71 bits per heavy atom. The van der Waals surface area contributed by atoms with Crippen molar-refractivity contribution in [1.82, 2.24) is 4.90 Å². The minimum absolute atomic E-state index is 0.118. The van der Waals surface area contributed by atoms with Gasteiger partial charge in [0.25, 0.3) is 0 Å².